The number of benzene rings is 1. The molecule has 1 aromatic carbocycles. The normalized spacial score (nSPS) is 12.3. The second-order valence-electron chi connectivity index (χ2n) is 5.00. The van der Waals surface area contributed by atoms with Crippen molar-refractivity contribution in [1.29, 1.82) is 0 Å². The largest absolute Gasteiger partial charge is 0.478 e. The Balaban J connectivity index is 2.80. The lowest BCUT2D eigenvalue weighted by atomic mass is 10.0. The van der Waals surface area contributed by atoms with Crippen LogP contribution in [0.3, 0.4) is 0 Å². The molecule has 5 heteroatoms. The molecule has 1 rings (SSSR count). The van der Waals surface area contributed by atoms with E-state index in [9.17, 15) is 14.0 Å². The van der Waals surface area contributed by atoms with Crippen LogP contribution in [0.25, 0.3) is 0 Å². The highest BCUT2D eigenvalue weighted by Crippen LogP contribution is 2.12. The van der Waals surface area contributed by atoms with Crippen LogP contribution in [0, 0.1) is 11.7 Å². The molecule has 2 N–H and O–H groups in total. The summed E-state index contributed by atoms with van der Waals surface area (Å²) in [6.45, 7) is 5.91. The molecule has 1 amide bonds. The van der Waals surface area contributed by atoms with E-state index >= 15 is 0 Å². The van der Waals surface area contributed by atoms with Crippen LogP contribution in [0.15, 0.2) is 18.2 Å². The summed E-state index contributed by atoms with van der Waals surface area (Å²) in [4.78, 5) is 22.5. The van der Waals surface area contributed by atoms with Gasteiger partial charge in [-0.05, 0) is 37.5 Å². The Morgan fingerprint density at radius 2 is 1.95 bits per heavy atom. The molecule has 19 heavy (non-hydrogen) atoms. The molecule has 4 nitrogen and oxygen atoms in total. The number of carbonyl (C=O) groups excluding carboxylic acids is 1. The number of carboxylic acid groups (broad SMARTS) is 1. The van der Waals surface area contributed by atoms with Crippen molar-refractivity contribution in [2.24, 2.45) is 5.92 Å². The predicted molar refractivity (Wildman–Crippen MR) is 69.7 cm³/mol. The van der Waals surface area contributed by atoms with Crippen LogP contribution in [0.1, 0.15) is 47.9 Å². The molecule has 1 atom stereocenters. The van der Waals surface area contributed by atoms with E-state index in [-0.39, 0.29) is 17.2 Å². The zero-order valence-corrected chi connectivity index (χ0v) is 11.2. The fourth-order valence-electron chi connectivity index (χ4n) is 1.90. The summed E-state index contributed by atoms with van der Waals surface area (Å²) in [5.41, 5.74) is -0.315. The zero-order valence-electron chi connectivity index (χ0n) is 11.2. The van der Waals surface area contributed by atoms with Gasteiger partial charge in [-0.2, -0.15) is 0 Å². The van der Waals surface area contributed by atoms with Crippen LogP contribution >= 0.6 is 0 Å². The second kappa shape index (κ2) is 6.31. The van der Waals surface area contributed by atoms with Gasteiger partial charge in [0.05, 0.1) is 11.1 Å². The number of hydrogen-bond donors (Lipinski definition) is 2. The van der Waals surface area contributed by atoms with E-state index in [1.54, 1.807) is 0 Å². The lowest BCUT2D eigenvalue weighted by molar-refractivity contribution is 0.0695. The SMILES string of the molecule is CC(C)CC(C)NC(=O)c1ccc(C(=O)O)cc1F. The first kappa shape index (κ1) is 15.1. The maximum absolute atomic E-state index is 13.6. The molecular weight excluding hydrogens is 249 g/mol. The van der Waals surface area contributed by atoms with Gasteiger partial charge in [0, 0.05) is 6.04 Å². The minimum absolute atomic E-state index is 0.0638. The fourth-order valence-corrected chi connectivity index (χ4v) is 1.90. The number of carboxylic acids is 1. The maximum atomic E-state index is 13.6. The van der Waals surface area contributed by atoms with Gasteiger partial charge in [0.2, 0.25) is 0 Å². The fraction of sp³-hybridized carbons (Fsp3) is 0.429. The number of carbonyl (C=O) groups is 2. The minimum Gasteiger partial charge on any atom is -0.478 e. The van der Waals surface area contributed by atoms with E-state index in [1.165, 1.54) is 12.1 Å². The van der Waals surface area contributed by atoms with Crippen molar-refractivity contribution in [2.45, 2.75) is 33.2 Å². The van der Waals surface area contributed by atoms with Crippen LogP contribution in [0.4, 0.5) is 4.39 Å². The third kappa shape index (κ3) is 4.35. The summed E-state index contributed by atoms with van der Waals surface area (Å²) in [5.74, 6) is -2.15. The summed E-state index contributed by atoms with van der Waals surface area (Å²) in [6, 6.07) is 3.19. The molecule has 0 saturated heterocycles. The number of hydrogen-bond acceptors (Lipinski definition) is 2. The van der Waals surface area contributed by atoms with Gasteiger partial charge in [-0.1, -0.05) is 13.8 Å². The highest BCUT2D eigenvalue weighted by Gasteiger charge is 2.16. The van der Waals surface area contributed by atoms with Crippen LogP contribution in [-0.4, -0.2) is 23.0 Å². The van der Waals surface area contributed by atoms with Crippen molar-refractivity contribution in [1.82, 2.24) is 5.32 Å². The molecule has 0 heterocycles. The lowest BCUT2D eigenvalue weighted by Gasteiger charge is -2.16. The maximum Gasteiger partial charge on any atom is 0.335 e. The Bertz CT molecular complexity index is 486. The van der Waals surface area contributed by atoms with Crippen molar-refractivity contribution in [3.05, 3.63) is 35.1 Å². The van der Waals surface area contributed by atoms with Crippen molar-refractivity contribution >= 4 is 11.9 Å². The first-order valence-electron chi connectivity index (χ1n) is 6.15. The number of aromatic carboxylic acids is 1. The molecular formula is C14H18FNO3. The minimum atomic E-state index is -1.22. The van der Waals surface area contributed by atoms with E-state index in [4.69, 9.17) is 5.11 Å². The molecule has 0 aliphatic heterocycles. The van der Waals surface area contributed by atoms with E-state index in [2.05, 4.69) is 5.32 Å². The van der Waals surface area contributed by atoms with E-state index < -0.39 is 17.7 Å². The average molecular weight is 267 g/mol. The van der Waals surface area contributed by atoms with Gasteiger partial charge in [-0.15, -0.1) is 0 Å². The summed E-state index contributed by atoms with van der Waals surface area (Å²) in [7, 11) is 0. The molecule has 0 aliphatic rings. The van der Waals surface area contributed by atoms with Crippen LogP contribution < -0.4 is 5.32 Å². The first-order valence-corrected chi connectivity index (χ1v) is 6.15. The highest BCUT2D eigenvalue weighted by atomic mass is 19.1. The molecule has 0 aliphatic carbocycles. The average Bonchev–Trinajstić information content (AvgIpc) is 2.26. The van der Waals surface area contributed by atoms with Crippen molar-refractivity contribution in [3.63, 3.8) is 0 Å². The lowest BCUT2D eigenvalue weighted by Crippen LogP contribution is -2.34. The quantitative estimate of drug-likeness (QED) is 0.862. The third-order valence-corrected chi connectivity index (χ3v) is 2.66. The Morgan fingerprint density at radius 1 is 1.32 bits per heavy atom. The summed E-state index contributed by atoms with van der Waals surface area (Å²) >= 11 is 0. The van der Waals surface area contributed by atoms with Gasteiger partial charge in [-0.25, -0.2) is 9.18 Å². The standard InChI is InChI=1S/C14H18FNO3/c1-8(2)6-9(3)16-13(17)11-5-4-10(14(18)19)7-12(11)15/h4-5,7-9H,6H2,1-3H3,(H,16,17)(H,18,19). The Labute approximate surface area is 111 Å². The molecule has 0 radical (unpaired) electrons. The number of rotatable bonds is 5. The van der Waals surface area contributed by atoms with Gasteiger partial charge < -0.3 is 10.4 Å². The number of amides is 1. The molecule has 0 spiro atoms. The van der Waals surface area contributed by atoms with Crippen molar-refractivity contribution in [2.75, 3.05) is 0 Å². The Kier molecular flexibility index (Phi) is 5.03. The van der Waals surface area contributed by atoms with Gasteiger partial charge in [0.25, 0.3) is 5.91 Å². The molecule has 0 fully saturated rings. The third-order valence-electron chi connectivity index (χ3n) is 2.66. The molecule has 0 saturated carbocycles. The Hall–Kier alpha value is -1.91. The topological polar surface area (TPSA) is 66.4 Å². The smallest absolute Gasteiger partial charge is 0.335 e. The zero-order chi connectivity index (χ0) is 14.6. The first-order chi connectivity index (χ1) is 8.81. The van der Waals surface area contributed by atoms with E-state index in [0.717, 1.165) is 12.5 Å². The van der Waals surface area contributed by atoms with Gasteiger partial charge in [0.15, 0.2) is 0 Å². The van der Waals surface area contributed by atoms with Crippen LogP contribution in [0.5, 0.6) is 0 Å². The van der Waals surface area contributed by atoms with Crippen LogP contribution in [-0.2, 0) is 0 Å². The van der Waals surface area contributed by atoms with Crippen molar-refractivity contribution in [3.8, 4) is 0 Å². The second-order valence-corrected chi connectivity index (χ2v) is 5.00. The monoisotopic (exact) mass is 267 g/mol. The number of nitrogens with one attached hydrogen (secondary N) is 1. The predicted octanol–water partition coefficient (Wildman–Crippen LogP) is 2.69. The summed E-state index contributed by atoms with van der Waals surface area (Å²) < 4.78 is 13.6. The van der Waals surface area contributed by atoms with Crippen molar-refractivity contribution < 1.29 is 19.1 Å². The molecule has 0 bridgehead atoms. The van der Waals surface area contributed by atoms with Gasteiger partial charge in [-0.3, -0.25) is 4.79 Å². The summed E-state index contributed by atoms with van der Waals surface area (Å²) in [5, 5.41) is 11.4. The molecule has 104 valence electrons. The highest BCUT2D eigenvalue weighted by molar-refractivity contribution is 5.96. The van der Waals surface area contributed by atoms with E-state index in [1.807, 2.05) is 20.8 Å². The van der Waals surface area contributed by atoms with Gasteiger partial charge in [0.1, 0.15) is 5.82 Å². The van der Waals surface area contributed by atoms with E-state index in [0.29, 0.717) is 5.92 Å². The van der Waals surface area contributed by atoms with Gasteiger partial charge >= 0.3 is 5.97 Å². The number of halogens is 1. The summed E-state index contributed by atoms with van der Waals surface area (Å²) in [6.07, 6.45) is 0.792. The molecule has 1 aromatic rings. The van der Waals surface area contributed by atoms with Crippen LogP contribution in [0.2, 0.25) is 0 Å². The molecule has 0 aromatic heterocycles. The Morgan fingerprint density at radius 3 is 2.42 bits per heavy atom. The molecule has 1 unspecified atom stereocenters.